The second-order valence-corrected chi connectivity index (χ2v) is 5.11. The first-order valence-electron chi connectivity index (χ1n) is 7.05. The van der Waals surface area contributed by atoms with Crippen LogP contribution in [-0.4, -0.2) is 16.4 Å². The first kappa shape index (κ1) is 14.9. The molecular weight excluding hydrogens is 226 g/mol. The summed E-state index contributed by atoms with van der Waals surface area (Å²) in [5.41, 5.74) is 7.52. The Morgan fingerprint density at radius 1 is 1.22 bits per heavy atom. The van der Waals surface area contributed by atoms with Gasteiger partial charge in [0.1, 0.15) is 5.69 Å². The molecule has 0 fully saturated rings. The third-order valence-electron chi connectivity index (χ3n) is 3.06. The molecule has 104 valence electrons. The maximum atomic E-state index is 6.00. The Labute approximate surface area is 111 Å². The minimum Gasteiger partial charge on any atom is -0.476 e. The molecule has 0 aliphatic heterocycles. The van der Waals surface area contributed by atoms with Gasteiger partial charge in [-0.05, 0) is 27.2 Å². The SMILES string of the molecule is CCCCCCCOc1c(N)c(C)nn1C(C)C. The quantitative estimate of drug-likeness (QED) is 0.719. The number of nitrogens with zero attached hydrogens (tertiary/aromatic N) is 2. The van der Waals surface area contributed by atoms with Gasteiger partial charge >= 0.3 is 0 Å². The Bertz CT molecular complexity index is 358. The van der Waals surface area contributed by atoms with Gasteiger partial charge in [-0.2, -0.15) is 5.10 Å². The molecule has 0 saturated heterocycles. The molecule has 0 amide bonds. The Kier molecular flexibility index (Phi) is 6.02. The number of nitrogens with two attached hydrogens (primary N) is 1. The van der Waals surface area contributed by atoms with Crippen molar-refractivity contribution in [3.05, 3.63) is 5.69 Å². The Hall–Kier alpha value is -1.19. The van der Waals surface area contributed by atoms with Gasteiger partial charge in [-0.15, -0.1) is 0 Å². The summed E-state index contributed by atoms with van der Waals surface area (Å²) in [6.07, 6.45) is 6.18. The molecule has 0 radical (unpaired) electrons. The molecule has 1 heterocycles. The number of hydrogen-bond acceptors (Lipinski definition) is 3. The molecule has 18 heavy (non-hydrogen) atoms. The molecule has 0 spiro atoms. The van der Waals surface area contributed by atoms with Crippen molar-refractivity contribution in [3.63, 3.8) is 0 Å². The molecule has 0 atom stereocenters. The first-order chi connectivity index (χ1) is 8.57. The van der Waals surface area contributed by atoms with Crippen molar-refractivity contribution >= 4 is 5.69 Å². The van der Waals surface area contributed by atoms with E-state index >= 15 is 0 Å². The van der Waals surface area contributed by atoms with E-state index < -0.39 is 0 Å². The summed E-state index contributed by atoms with van der Waals surface area (Å²) in [6.45, 7) is 9.04. The first-order valence-corrected chi connectivity index (χ1v) is 7.05. The fourth-order valence-corrected chi connectivity index (χ4v) is 1.91. The Morgan fingerprint density at radius 2 is 1.89 bits per heavy atom. The predicted octanol–water partition coefficient (Wildman–Crippen LogP) is 3.70. The zero-order valence-corrected chi connectivity index (χ0v) is 12.2. The van der Waals surface area contributed by atoms with Crippen molar-refractivity contribution in [1.82, 2.24) is 9.78 Å². The summed E-state index contributed by atoms with van der Waals surface area (Å²) in [7, 11) is 0. The largest absolute Gasteiger partial charge is 0.476 e. The second-order valence-electron chi connectivity index (χ2n) is 5.11. The number of aromatic nitrogens is 2. The van der Waals surface area contributed by atoms with E-state index in [0.717, 1.165) is 24.6 Å². The summed E-state index contributed by atoms with van der Waals surface area (Å²) < 4.78 is 7.68. The number of nitrogen functional groups attached to an aromatic ring is 1. The lowest BCUT2D eigenvalue weighted by Crippen LogP contribution is -2.09. The van der Waals surface area contributed by atoms with Gasteiger partial charge in [0, 0.05) is 0 Å². The highest BCUT2D eigenvalue weighted by Gasteiger charge is 2.15. The summed E-state index contributed by atoms with van der Waals surface area (Å²) in [4.78, 5) is 0. The number of rotatable bonds is 8. The highest BCUT2D eigenvalue weighted by molar-refractivity contribution is 5.52. The molecule has 1 aromatic rings. The predicted molar refractivity (Wildman–Crippen MR) is 76.0 cm³/mol. The lowest BCUT2D eigenvalue weighted by molar-refractivity contribution is 0.268. The third kappa shape index (κ3) is 3.93. The number of aryl methyl sites for hydroxylation is 1. The van der Waals surface area contributed by atoms with Gasteiger partial charge in [-0.1, -0.05) is 32.6 Å². The highest BCUT2D eigenvalue weighted by atomic mass is 16.5. The van der Waals surface area contributed by atoms with Crippen molar-refractivity contribution in [2.45, 2.75) is 65.8 Å². The van der Waals surface area contributed by atoms with Gasteiger partial charge in [0.25, 0.3) is 0 Å². The summed E-state index contributed by atoms with van der Waals surface area (Å²) >= 11 is 0. The van der Waals surface area contributed by atoms with E-state index in [1.807, 2.05) is 11.6 Å². The van der Waals surface area contributed by atoms with Crippen molar-refractivity contribution in [1.29, 1.82) is 0 Å². The average Bonchev–Trinajstić information content (AvgIpc) is 2.61. The van der Waals surface area contributed by atoms with Gasteiger partial charge < -0.3 is 10.5 Å². The van der Waals surface area contributed by atoms with E-state index in [0.29, 0.717) is 5.69 Å². The Balaban J connectivity index is 2.46. The van der Waals surface area contributed by atoms with Gasteiger partial charge in [0.15, 0.2) is 0 Å². The lowest BCUT2D eigenvalue weighted by atomic mass is 10.2. The van der Waals surface area contributed by atoms with E-state index in [1.54, 1.807) is 0 Å². The van der Waals surface area contributed by atoms with Crippen molar-refractivity contribution in [2.75, 3.05) is 12.3 Å². The molecule has 0 aromatic carbocycles. The van der Waals surface area contributed by atoms with Crippen LogP contribution in [0.15, 0.2) is 0 Å². The molecule has 0 aliphatic rings. The maximum Gasteiger partial charge on any atom is 0.236 e. The second kappa shape index (κ2) is 7.29. The fourth-order valence-electron chi connectivity index (χ4n) is 1.91. The molecule has 4 nitrogen and oxygen atoms in total. The maximum absolute atomic E-state index is 6.00. The molecule has 1 aromatic heterocycles. The van der Waals surface area contributed by atoms with E-state index in [-0.39, 0.29) is 6.04 Å². The smallest absolute Gasteiger partial charge is 0.236 e. The number of anilines is 1. The van der Waals surface area contributed by atoms with Crippen LogP contribution in [0.4, 0.5) is 5.69 Å². The minimum atomic E-state index is 0.274. The van der Waals surface area contributed by atoms with Crippen LogP contribution in [0.2, 0.25) is 0 Å². The van der Waals surface area contributed by atoms with Crippen LogP contribution in [0.1, 0.15) is 64.6 Å². The van der Waals surface area contributed by atoms with Crippen LogP contribution in [-0.2, 0) is 0 Å². The fraction of sp³-hybridized carbons (Fsp3) is 0.786. The van der Waals surface area contributed by atoms with E-state index in [2.05, 4.69) is 25.9 Å². The van der Waals surface area contributed by atoms with E-state index in [1.165, 1.54) is 25.7 Å². The van der Waals surface area contributed by atoms with Crippen LogP contribution >= 0.6 is 0 Å². The van der Waals surface area contributed by atoms with Crippen molar-refractivity contribution < 1.29 is 4.74 Å². The lowest BCUT2D eigenvalue weighted by Gasteiger charge is -2.12. The Morgan fingerprint density at radius 3 is 2.50 bits per heavy atom. The van der Waals surface area contributed by atoms with Crippen LogP contribution in [0.25, 0.3) is 0 Å². The average molecular weight is 253 g/mol. The van der Waals surface area contributed by atoms with Crippen LogP contribution in [0.5, 0.6) is 5.88 Å². The van der Waals surface area contributed by atoms with E-state index in [4.69, 9.17) is 10.5 Å². The zero-order valence-electron chi connectivity index (χ0n) is 12.2. The molecule has 1 rings (SSSR count). The molecule has 0 bridgehead atoms. The molecule has 0 saturated carbocycles. The third-order valence-corrected chi connectivity index (χ3v) is 3.06. The topological polar surface area (TPSA) is 53.1 Å². The molecular formula is C14H27N3O. The van der Waals surface area contributed by atoms with Gasteiger partial charge in [-0.3, -0.25) is 0 Å². The summed E-state index contributed by atoms with van der Waals surface area (Å²) in [5, 5.41) is 4.40. The summed E-state index contributed by atoms with van der Waals surface area (Å²) in [5.74, 6) is 0.734. The zero-order chi connectivity index (χ0) is 13.5. The number of unbranched alkanes of at least 4 members (excludes halogenated alkanes) is 4. The van der Waals surface area contributed by atoms with Crippen LogP contribution < -0.4 is 10.5 Å². The van der Waals surface area contributed by atoms with Crippen LogP contribution in [0, 0.1) is 6.92 Å². The molecule has 0 aliphatic carbocycles. The van der Waals surface area contributed by atoms with Crippen molar-refractivity contribution in [3.8, 4) is 5.88 Å². The molecule has 0 unspecified atom stereocenters. The van der Waals surface area contributed by atoms with Gasteiger partial charge in [0.05, 0.1) is 18.3 Å². The van der Waals surface area contributed by atoms with Crippen LogP contribution in [0.3, 0.4) is 0 Å². The minimum absolute atomic E-state index is 0.274. The van der Waals surface area contributed by atoms with Gasteiger partial charge in [0.2, 0.25) is 5.88 Å². The standard InChI is InChI=1S/C14H27N3O/c1-5-6-7-8-9-10-18-14-13(15)12(4)16-17(14)11(2)3/h11H,5-10,15H2,1-4H3. The molecule has 4 heteroatoms. The normalized spacial score (nSPS) is 11.2. The van der Waals surface area contributed by atoms with Crippen molar-refractivity contribution in [2.24, 2.45) is 0 Å². The summed E-state index contributed by atoms with van der Waals surface area (Å²) in [6, 6.07) is 0.274. The monoisotopic (exact) mass is 253 g/mol. The van der Waals surface area contributed by atoms with Gasteiger partial charge in [-0.25, -0.2) is 4.68 Å². The van der Waals surface area contributed by atoms with E-state index in [9.17, 15) is 0 Å². The highest BCUT2D eigenvalue weighted by Crippen LogP contribution is 2.28. The molecule has 2 N–H and O–H groups in total. The number of ether oxygens (including phenoxy) is 1. The number of hydrogen-bond donors (Lipinski definition) is 1.